The van der Waals surface area contributed by atoms with E-state index in [4.69, 9.17) is 4.74 Å². The molecule has 2 N–H and O–H groups in total. The number of ether oxygens (including phenoxy) is 1. The fourth-order valence-corrected chi connectivity index (χ4v) is 6.65. The lowest BCUT2D eigenvalue weighted by Crippen LogP contribution is -2.54. The van der Waals surface area contributed by atoms with Gasteiger partial charge in [0.25, 0.3) is 0 Å². The zero-order valence-electron chi connectivity index (χ0n) is 20.5. The molecule has 3 aliphatic heterocycles. The van der Waals surface area contributed by atoms with Crippen LogP contribution in [0.15, 0.2) is 55.1 Å². The number of nitrogens with zero attached hydrogens (tertiary/aromatic N) is 1. The summed E-state index contributed by atoms with van der Waals surface area (Å²) in [5.74, 6) is -1.70. The number of fused-ring (bicyclic) bond motifs is 1. The van der Waals surface area contributed by atoms with Crippen molar-refractivity contribution in [3.8, 4) is 0 Å². The van der Waals surface area contributed by atoms with Gasteiger partial charge < -0.3 is 20.3 Å². The molecule has 186 valence electrons. The Labute approximate surface area is 207 Å². The molecule has 0 unspecified atom stereocenters. The van der Waals surface area contributed by atoms with E-state index in [0.717, 1.165) is 24.8 Å². The van der Waals surface area contributed by atoms with Crippen LogP contribution in [0.25, 0.3) is 0 Å². The molecule has 7 atom stereocenters. The molecule has 1 aliphatic carbocycles. The van der Waals surface area contributed by atoms with Gasteiger partial charge in [0.2, 0.25) is 17.7 Å². The fourth-order valence-electron chi connectivity index (χ4n) is 6.65. The number of rotatable bonds is 7. The van der Waals surface area contributed by atoms with Gasteiger partial charge in [-0.15, -0.1) is 6.58 Å². The van der Waals surface area contributed by atoms with Crippen molar-refractivity contribution in [2.45, 2.75) is 69.4 Å². The maximum atomic E-state index is 13.8. The highest BCUT2D eigenvalue weighted by atomic mass is 16.5. The third-order valence-corrected chi connectivity index (χ3v) is 8.40. The number of nitrogens with one attached hydrogen (secondary N) is 2. The number of hydrogen-bond donors (Lipinski definition) is 2. The van der Waals surface area contributed by atoms with Crippen LogP contribution in [0.2, 0.25) is 0 Å². The number of carbonyl (C=O) groups excluding carboxylic acids is 3. The summed E-state index contributed by atoms with van der Waals surface area (Å²) >= 11 is 0. The Balaban J connectivity index is 1.42. The molecular weight excluding hydrogens is 442 g/mol. The lowest BCUT2D eigenvalue weighted by atomic mass is 9.70. The first-order chi connectivity index (χ1) is 16.8. The van der Waals surface area contributed by atoms with Crippen molar-refractivity contribution in [3.05, 3.63) is 60.7 Å². The number of amides is 3. The maximum absolute atomic E-state index is 13.8. The van der Waals surface area contributed by atoms with Crippen LogP contribution in [0, 0.1) is 17.8 Å². The molecule has 3 heterocycles. The highest BCUT2D eigenvalue weighted by molar-refractivity contribution is 6.00. The van der Waals surface area contributed by atoms with Crippen molar-refractivity contribution in [1.82, 2.24) is 15.5 Å². The van der Waals surface area contributed by atoms with E-state index in [1.165, 1.54) is 11.3 Å². The minimum absolute atomic E-state index is 0.102. The van der Waals surface area contributed by atoms with Gasteiger partial charge in [0.15, 0.2) is 0 Å². The summed E-state index contributed by atoms with van der Waals surface area (Å²) < 4.78 is 6.52. The summed E-state index contributed by atoms with van der Waals surface area (Å²) in [6.45, 7) is 8.37. The average molecular weight is 478 g/mol. The normalized spacial score (nSPS) is 37.3. The topological polar surface area (TPSA) is 87.7 Å². The van der Waals surface area contributed by atoms with Crippen LogP contribution in [0.1, 0.15) is 45.1 Å². The van der Waals surface area contributed by atoms with E-state index in [0.29, 0.717) is 12.5 Å². The summed E-state index contributed by atoms with van der Waals surface area (Å²) in [5, 5.41) is 6.23. The summed E-state index contributed by atoms with van der Waals surface area (Å²) in [5.41, 5.74) is -1.14. The molecule has 5 rings (SSSR count). The summed E-state index contributed by atoms with van der Waals surface area (Å²) in [6, 6.07) is 8.87. The van der Waals surface area contributed by atoms with Crippen LogP contribution >= 0.6 is 0 Å². The molecule has 1 spiro atoms. The predicted octanol–water partition coefficient (Wildman–Crippen LogP) is 2.72. The molecule has 2 bridgehead atoms. The van der Waals surface area contributed by atoms with Crippen LogP contribution < -0.4 is 10.6 Å². The Morgan fingerprint density at radius 1 is 1.17 bits per heavy atom. The first-order valence-electron chi connectivity index (χ1n) is 12.7. The van der Waals surface area contributed by atoms with E-state index in [9.17, 15) is 14.4 Å². The molecule has 7 nitrogen and oxygen atoms in total. The molecular formula is C28H35N3O4. The molecule has 1 saturated carbocycles. The molecule has 4 aliphatic rings. The van der Waals surface area contributed by atoms with Crippen molar-refractivity contribution < 1.29 is 19.1 Å². The van der Waals surface area contributed by atoms with Gasteiger partial charge in [0.05, 0.1) is 17.4 Å². The molecule has 2 saturated heterocycles. The van der Waals surface area contributed by atoms with Crippen molar-refractivity contribution in [2.24, 2.45) is 17.8 Å². The smallest absolute Gasteiger partial charge is 0.246 e. The zero-order chi connectivity index (χ0) is 24.8. The minimum Gasteiger partial charge on any atom is -0.356 e. The van der Waals surface area contributed by atoms with Crippen LogP contribution in [0.5, 0.6) is 0 Å². The van der Waals surface area contributed by atoms with Gasteiger partial charge in [-0.25, -0.2) is 0 Å². The molecule has 35 heavy (non-hydrogen) atoms. The van der Waals surface area contributed by atoms with Crippen molar-refractivity contribution in [1.29, 1.82) is 0 Å². The van der Waals surface area contributed by atoms with Gasteiger partial charge in [-0.05, 0) is 31.2 Å². The Bertz CT molecular complexity index is 1060. The Hall–Kier alpha value is -2.93. The Morgan fingerprint density at radius 3 is 2.63 bits per heavy atom. The van der Waals surface area contributed by atoms with Gasteiger partial charge in [0.1, 0.15) is 11.6 Å². The molecule has 3 amide bonds. The van der Waals surface area contributed by atoms with E-state index in [2.05, 4.69) is 24.1 Å². The standard InChI is InChI=1S/C28H35N3O4/c1-4-16-31-23(25(33)29-17-19-11-6-5-7-12-19)28-15-14-27(3,35-28)21(22(28)26(31)34)24(32)30-20-13-9-8-10-18(20)2/h4-7,11-12,14-15,18,20-23H,1,8-10,13,16-17H2,2-3H3,(H,29,33)(H,30,32)/t18-,20-,21-,22+,23+,27-,28+/m0/s1. The van der Waals surface area contributed by atoms with Crippen molar-refractivity contribution in [3.63, 3.8) is 0 Å². The number of hydrogen-bond acceptors (Lipinski definition) is 4. The van der Waals surface area contributed by atoms with Crippen LogP contribution in [-0.2, 0) is 25.7 Å². The predicted molar refractivity (Wildman–Crippen MR) is 132 cm³/mol. The molecule has 7 heteroatoms. The SMILES string of the molecule is C=CCN1C(=O)[C@H]2[C@@H](C(=O)N[C@H]3CCCC[C@@H]3C)[C@]3(C)C=C[C@]2(O3)[C@H]1C(=O)NCc1ccccc1. The second-order valence-electron chi connectivity index (χ2n) is 10.7. The van der Waals surface area contributed by atoms with Gasteiger partial charge >= 0.3 is 0 Å². The van der Waals surface area contributed by atoms with E-state index in [1.54, 1.807) is 6.08 Å². The average Bonchev–Trinajstić information content (AvgIpc) is 3.41. The monoisotopic (exact) mass is 477 g/mol. The third kappa shape index (κ3) is 3.80. The Morgan fingerprint density at radius 2 is 1.91 bits per heavy atom. The van der Waals surface area contributed by atoms with Crippen molar-refractivity contribution >= 4 is 17.7 Å². The van der Waals surface area contributed by atoms with Crippen molar-refractivity contribution in [2.75, 3.05) is 6.54 Å². The number of carbonyl (C=O) groups is 3. The fraction of sp³-hybridized carbons (Fsp3) is 0.536. The third-order valence-electron chi connectivity index (χ3n) is 8.40. The Kier molecular flexibility index (Phi) is 6.08. The van der Waals surface area contributed by atoms with Gasteiger partial charge in [-0.3, -0.25) is 14.4 Å². The van der Waals surface area contributed by atoms with Gasteiger partial charge in [0, 0.05) is 19.1 Å². The quantitative estimate of drug-likeness (QED) is 0.591. The maximum Gasteiger partial charge on any atom is 0.246 e. The van der Waals surface area contributed by atoms with Gasteiger partial charge in [-0.1, -0.05) is 68.3 Å². The lowest BCUT2D eigenvalue weighted by molar-refractivity contribution is -0.144. The summed E-state index contributed by atoms with van der Waals surface area (Å²) in [6.07, 6.45) is 9.65. The largest absolute Gasteiger partial charge is 0.356 e. The van der Waals surface area contributed by atoms with Crippen LogP contribution in [-0.4, -0.2) is 52.5 Å². The van der Waals surface area contributed by atoms with Gasteiger partial charge in [-0.2, -0.15) is 0 Å². The lowest BCUT2D eigenvalue weighted by Gasteiger charge is -2.34. The molecule has 0 radical (unpaired) electrons. The second kappa shape index (κ2) is 8.94. The number of benzene rings is 1. The highest BCUT2D eigenvalue weighted by Crippen LogP contribution is 2.59. The minimum atomic E-state index is -1.17. The molecule has 3 fully saturated rings. The molecule has 0 aromatic heterocycles. The molecule has 1 aromatic carbocycles. The van der Waals surface area contributed by atoms with E-state index in [-0.39, 0.29) is 30.3 Å². The second-order valence-corrected chi connectivity index (χ2v) is 10.7. The van der Waals surface area contributed by atoms with E-state index in [1.807, 2.05) is 49.4 Å². The summed E-state index contributed by atoms with van der Waals surface area (Å²) in [7, 11) is 0. The zero-order valence-corrected chi connectivity index (χ0v) is 20.5. The van der Waals surface area contributed by atoms with E-state index < -0.39 is 29.1 Å². The highest BCUT2D eigenvalue weighted by Gasteiger charge is 2.76. The summed E-state index contributed by atoms with van der Waals surface area (Å²) in [4.78, 5) is 42.5. The van der Waals surface area contributed by atoms with Crippen LogP contribution in [0.4, 0.5) is 0 Å². The molecule has 1 aromatic rings. The van der Waals surface area contributed by atoms with Crippen LogP contribution in [0.3, 0.4) is 0 Å². The number of likely N-dealkylation sites (tertiary alicyclic amines) is 1. The van der Waals surface area contributed by atoms with E-state index >= 15 is 0 Å². The first-order valence-corrected chi connectivity index (χ1v) is 12.7. The first kappa shape index (κ1) is 23.8.